The summed E-state index contributed by atoms with van der Waals surface area (Å²) in [5.41, 5.74) is 0.101. The van der Waals surface area contributed by atoms with Crippen LogP contribution in [0.4, 0.5) is 5.00 Å². The zero-order valence-electron chi connectivity index (χ0n) is 19.5. The Bertz CT molecular complexity index is 1350. The van der Waals surface area contributed by atoms with Crippen LogP contribution in [-0.2, 0) is 36.1 Å². The standard InChI is InChI=1S/C21H28N4O7S3/c1-10(2)6-7-25-16-13-5-4-12(32-13)14(16)17(26)15(21(25)27)19-23-20-18(35(30,31)24-19)11(9-33-20)8-22-34(3,28)29/h9-10,12-14,16,22,26H,4-8H2,1-3H3,(H,23,24). The number of hydrogen-bond acceptors (Lipinski definition) is 9. The molecule has 192 valence electrons. The van der Waals surface area contributed by atoms with Gasteiger partial charge in [0.15, 0.2) is 5.84 Å². The van der Waals surface area contributed by atoms with Crippen LogP contribution in [0, 0.1) is 11.8 Å². The fourth-order valence-corrected chi connectivity index (χ4v) is 8.32. The monoisotopic (exact) mass is 544 g/mol. The first-order chi connectivity index (χ1) is 16.4. The maximum absolute atomic E-state index is 13.7. The Hall–Kier alpha value is -2.00. The second kappa shape index (κ2) is 8.54. The van der Waals surface area contributed by atoms with Gasteiger partial charge in [-0.2, -0.15) is 8.42 Å². The number of fused-ring (bicyclic) bond motifs is 6. The van der Waals surface area contributed by atoms with Gasteiger partial charge in [0.1, 0.15) is 21.2 Å². The van der Waals surface area contributed by atoms with Gasteiger partial charge in [-0.3, -0.25) is 4.79 Å². The number of carbonyl (C=O) groups excluding carboxylic acids is 1. The lowest BCUT2D eigenvalue weighted by atomic mass is 9.77. The van der Waals surface area contributed by atoms with E-state index in [4.69, 9.17) is 4.74 Å². The third-order valence-corrected chi connectivity index (χ3v) is 10.0. The average molecular weight is 545 g/mol. The van der Waals surface area contributed by atoms with E-state index in [1.54, 1.807) is 4.90 Å². The van der Waals surface area contributed by atoms with Gasteiger partial charge in [0.2, 0.25) is 10.0 Å². The molecule has 0 radical (unpaired) electrons. The Morgan fingerprint density at radius 3 is 2.74 bits per heavy atom. The molecule has 35 heavy (non-hydrogen) atoms. The minimum atomic E-state index is -4.26. The molecule has 0 spiro atoms. The van der Waals surface area contributed by atoms with Crippen LogP contribution < -0.4 is 10.0 Å². The summed E-state index contributed by atoms with van der Waals surface area (Å²) < 4.78 is 61.4. The predicted octanol–water partition coefficient (Wildman–Crippen LogP) is 1.56. The molecule has 2 bridgehead atoms. The number of nitrogens with zero attached hydrogens (tertiary/aromatic N) is 2. The van der Waals surface area contributed by atoms with Gasteiger partial charge in [-0.15, -0.1) is 15.7 Å². The molecule has 4 unspecified atom stereocenters. The third kappa shape index (κ3) is 4.28. The molecule has 3 N–H and O–H groups in total. The largest absolute Gasteiger partial charge is 0.511 e. The van der Waals surface area contributed by atoms with Crippen molar-refractivity contribution in [1.29, 1.82) is 0 Å². The van der Waals surface area contributed by atoms with E-state index in [1.165, 1.54) is 5.38 Å². The highest BCUT2D eigenvalue weighted by atomic mass is 32.2. The molecule has 14 heteroatoms. The van der Waals surface area contributed by atoms with Crippen molar-refractivity contribution in [3.63, 3.8) is 0 Å². The van der Waals surface area contributed by atoms with E-state index in [9.17, 15) is 26.7 Å². The van der Waals surface area contributed by atoms with Gasteiger partial charge < -0.3 is 20.1 Å². The van der Waals surface area contributed by atoms with Crippen molar-refractivity contribution < 1.29 is 31.5 Å². The molecule has 4 atom stereocenters. The summed E-state index contributed by atoms with van der Waals surface area (Å²) in [5.74, 6) is -0.961. The topological polar surface area (TPSA) is 154 Å². The Balaban J connectivity index is 1.53. The van der Waals surface area contributed by atoms with Gasteiger partial charge >= 0.3 is 0 Å². The van der Waals surface area contributed by atoms with E-state index in [0.29, 0.717) is 12.5 Å². The minimum absolute atomic E-state index is 0.136. The number of amidine groups is 1. The molecule has 5 heterocycles. The average Bonchev–Trinajstić information content (AvgIpc) is 3.46. The van der Waals surface area contributed by atoms with Crippen LogP contribution in [0.15, 0.2) is 26.0 Å². The highest BCUT2D eigenvalue weighted by Gasteiger charge is 2.58. The molecular weight excluding hydrogens is 516 g/mol. The normalized spacial score (nSPS) is 29.3. The zero-order valence-corrected chi connectivity index (χ0v) is 22.0. The molecule has 11 nitrogen and oxygen atoms in total. The number of thiophene rings is 1. The second-order valence-corrected chi connectivity index (χ2v) is 14.1. The molecule has 1 amide bonds. The van der Waals surface area contributed by atoms with Crippen LogP contribution >= 0.6 is 11.3 Å². The fourth-order valence-electron chi connectivity index (χ4n) is 5.30. The van der Waals surface area contributed by atoms with Gasteiger partial charge in [-0.05, 0) is 30.6 Å². The first-order valence-corrected chi connectivity index (χ1v) is 15.7. The van der Waals surface area contributed by atoms with Crippen molar-refractivity contribution in [3.05, 3.63) is 22.3 Å². The van der Waals surface area contributed by atoms with Gasteiger partial charge in [-0.25, -0.2) is 13.1 Å². The molecule has 4 aliphatic heterocycles. The van der Waals surface area contributed by atoms with Gasteiger partial charge in [0, 0.05) is 18.7 Å². The summed E-state index contributed by atoms with van der Waals surface area (Å²) in [6, 6.07) is -0.282. The SMILES string of the molecule is CC(C)CCN1C(=O)C(C2=NS(=O)(=O)c3c(CNS(C)(=O)=O)csc3N2)=C(O)C2C3CCC(O3)C21. The van der Waals surface area contributed by atoms with Crippen LogP contribution in [0.2, 0.25) is 0 Å². The van der Waals surface area contributed by atoms with Gasteiger partial charge in [0.25, 0.3) is 15.9 Å². The summed E-state index contributed by atoms with van der Waals surface area (Å²) in [6.45, 7) is 4.37. The Kier molecular flexibility index (Phi) is 6.02. The Morgan fingerprint density at radius 2 is 2.06 bits per heavy atom. The van der Waals surface area contributed by atoms with Crippen molar-refractivity contribution >= 4 is 48.1 Å². The highest BCUT2D eigenvalue weighted by Crippen LogP contribution is 2.48. The quantitative estimate of drug-likeness (QED) is 0.467. The summed E-state index contributed by atoms with van der Waals surface area (Å²) in [4.78, 5) is 15.2. The van der Waals surface area contributed by atoms with E-state index in [-0.39, 0.29) is 57.4 Å². The summed E-state index contributed by atoms with van der Waals surface area (Å²) in [7, 11) is -7.80. The molecule has 1 aromatic heterocycles. The molecule has 0 aromatic carbocycles. The van der Waals surface area contributed by atoms with Crippen LogP contribution in [0.3, 0.4) is 0 Å². The highest BCUT2D eigenvalue weighted by molar-refractivity contribution is 7.91. The van der Waals surface area contributed by atoms with Crippen molar-refractivity contribution in [2.24, 2.45) is 16.2 Å². The van der Waals surface area contributed by atoms with E-state index in [2.05, 4.69) is 28.3 Å². The van der Waals surface area contributed by atoms with Crippen LogP contribution in [0.1, 0.15) is 38.7 Å². The lowest BCUT2D eigenvalue weighted by Gasteiger charge is -2.42. The number of rotatable bonds is 7. The Labute approximate surface area is 208 Å². The number of amides is 1. The first-order valence-electron chi connectivity index (χ1n) is 11.4. The molecule has 0 aliphatic carbocycles. The maximum atomic E-state index is 13.7. The maximum Gasteiger partial charge on any atom is 0.287 e. The molecular formula is C21H28N4O7S3. The fraction of sp³-hybridized carbons (Fsp3) is 0.619. The summed E-state index contributed by atoms with van der Waals surface area (Å²) >= 11 is 1.06. The van der Waals surface area contributed by atoms with E-state index in [1.807, 2.05) is 0 Å². The number of hydrogen-bond donors (Lipinski definition) is 3. The van der Waals surface area contributed by atoms with Crippen molar-refractivity contribution in [1.82, 2.24) is 9.62 Å². The zero-order chi connectivity index (χ0) is 25.3. The van der Waals surface area contributed by atoms with Crippen molar-refractivity contribution in [2.45, 2.75) is 62.8 Å². The summed E-state index contributed by atoms with van der Waals surface area (Å²) in [5, 5.41) is 15.9. The second-order valence-electron chi connectivity index (χ2n) is 9.80. The molecule has 4 aliphatic rings. The minimum Gasteiger partial charge on any atom is -0.511 e. The van der Waals surface area contributed by atoms with Crippen LogP contribution in [0.5, 0.6) is 0 Å². The predicted molar refractivity (Wildman–Crippen MR) is 130 cm³/mol. The molecule has 1 aromatic rings. The number of carbonyl (C=O) groups is 1. The van der Waals surface area contributed by atoms with Crippen LogP contribution in [-0.4, -0.2) is 69.6 Å². The van der Waals surface area contributed by atoms with Crippen LogP contribution in [0.25, 0.3) is 0 Å². The number of aliphatic hydroxyl groups is 1. The van der Waals surface area contributed by atoms with E-state index in [0.717, 1.165) is 36.9 Å². The van der Waals surface area contributed by atoms with Gasteiger partial charge in [-0.1, -0.05) is 13.8 Å². The number of aliphatic hydroxyl groups excluding tert-OH is 1. The first kappa shape index (κ1) is 24.7. The van der Waals surface area contributed by atoms with E-state index >= 15 is 0 Å². The number of nitrogens with one attached hydrogen (secondary N) is 2. The number of anilines is 1. The molecule has 2 saturated heterocycles. The lowest BCUT2D eigenvalue weighted by molar-refractivity contribution is -0.132. The molecule has 0 saturated carbocycles. The molecule has 5 rings (SSSR count). The molecule has 2 fully saturated rings. The Morgan fingerprint density at radius 1 is 1.34 bits per heavy atom. The van der Waals surface area contributed by atoms with Gasteiger partial charge in [0.05, 0.1) is 30.4 Å². The van der Waals surface area contributed by atoms with Crippen molar-refractivity contribution in [3.8, 4) is 0 Å². The lowest BCUT2D eigenvalue weighted by Crippen LogP contribution is -2.56. The summed E-state index contributed by atoms with van der Waals surface area (Å²) in [6.07, 6.45) is 2.93. The van der Waals surface area contributed by atoms with E-state index < -0.39 is 31.9 Å². The smallest absolute Gasteiger partial charge is 0.287 e. The van der Waals surface area contributed by atoms with Crippen molar-refractivity contribution in [2.75, 3.05) is 18.1 Å². The number of sulfonamides is 2. The third-order valence-electron chi connectivity index (χ3n) is 6.87. The number of ether oxygens (including phenoxy) is 1.